The standard InChI is InChI=1S/C22H21N3O2S/c1-27-21-10-3-2-7-18(21)14-25(15-20-9-5-11-28-20)16-22(26)24-19-8-4-6-17(12-19)13-23/h2-12H,14-16H2,1H3,(H,24,26). The van der Waals surface area contributed by atoms with Crippen LogP contribution < -0.4 is 10.1 Å². The Morgan fingerprint density at radius 2 is 2.00 bits per heavy atom. The fourth-order valence-corrected chi connectivity index (χ4v) is 3.68. The van der Waals surface area contributed by atoms with Crippen molar-refractivity contribution < 1.29 is 9.53 Å². The minimum atomic E-state index is -0.124. The van der Waals surface area contributed by atoms with Crippen LogP contribution in [0, 0.1) is 11.3 Å². The number of nitriles is 1. The Hall–Kier alpha value is -3.14. The maximum absolute atomic E-state index is 12.6. The molecule has 0 unspecified atom stereocenters. The number of nitrogens with one attached hydrogen (secondary N) is 1. The number of thiophene rings is 1. The number of amides is 1. The Labute approximate surface area is 168 Å². The average Bonchev–Trinajstić information content (AvgIpc) is 3.21. The zero-order chi connectivity index (χ0) is 19.8. The number of nitrogens with zero attached hydrogens (tertiary/aromatic N) is 2. The second-order valence-electron chi connectivity index (χ2n) is 6.28. The SMILES string of the molecule is COc1ccccc1CN(CC(=O)Nc1cccc(C#N)c1)Cc1cccs1. The summed E-state index contributed by atoms with van der Waals surface area (Å²) in [5.41, 5.74) is 2.17. The highest BCUT2D eigenvalue weighted by Crippen LogP contribution is 2.21. The number of hydrogen-bond donors (Lipinski definition) is 1. The summed E-state index contributed by atoms with van der Waals surface area (Å²) in [6.07, 6.45) is 0. The minimum absolute atomic E-state index is 0.124. The molecular formula is C22H21N3O2S. The highest BCUT2D eigenvalue weighted by Gasteiger charge is 2.15. The zero-order valence-corrected chi connectivity index (χ0v) is 16.4. The largest absolute Gasteiger partial charge is 0.496 e. The van der Waals surface area contributed by atoms with Crippen LogP contribution in [0.4, 0.5) is 5.69 Å². The summed E-state index contributed by atoms with van der Waals surface area (Å²) in [5.74, 6) is 0.683. The van der Waals surface area contributed by atoms with E-state index in [0.29, 0.717) is 24.3 Å². The van der Waals surface area contributed by atoms with E-state index in [4.69, 9.17) is 10.00 Å². The quantitative estimate of drug-likeness (QED) is 0.623. The van der Waals surface area contributed by atoms with E-state index in [1.807, 2.05) is 35.7 Å². The molecule has 1 amide bonds. The van der Waals surface area contributed by atoms with Crippen molar-refractivity contribution in [2.45, 2.75) is 13.1 Å². The van der Waals surface area contributed by atoms with E-state index in [9.17, 15) is 4.79 Å². The number of carbonyl (C=O) groups excluding carboxylic acids is 1. The fraction of sp³-hybridized carbons (Fsp3) is 0.182. The number of carbonyl (C=O) groups is 1. The monoisotopic (exact) mass is 391 g/mol. The molecule has 0 fully saturated rings. The third-order valence-electron chi connectivity index (χ3n) is 4.19. The van der Waals surface area contributed by atoms with Crippen LogP contribution in [0.15, 0.2) is 66.0 Å². The summed E-state index contributed by atoms with van der Waals surface area (Å²) >= 11 is 1.67. The van der Waals surface area contributed by atoms with Crippen molar-refractivity contribution in [1.29, 1.82) is 5.26 Å². The van der Waals surface area contributed by atoms with Crippen LogP contribution in [-0.2, 0) is 17.9 Å². The maximum atomic E-state index is 12.6. The van der Waals surface area contributed by atoms with Crippen LogP contribution in [0.5, 0.6) is 5.75 Å². The van der Waals surface area contributed by atoms with E-state index < -0.39 is 0 Å². The normalized spacial score (nSPS) is 10.5. The van der Waals surface area contributed by atoms with Gasteiger partial charge in [0, 0.05) is 29.2 Å². The van der Waals surface area contributed by atoms with Crippen LogP contribution >= 0.6 is 11.3 Å². The number of anilines is 1. The first-order chi connectivity index (χ1) is 13.7. The number of para-hydroxylation sites is 1. The van der Waals surface area contributed by atoms with E-state index >= 15 is 0 Å². The smallest absolute Gasteiger partial charge is 0.238 e. The van der Waals surface area contributed by atoms with Crippen LogP contribution in [-0.4, -0.2) is 24.5 Å². The van der Waals surface area contributed by atoms with Crippen LogP contribution in [0.25, 0.3) is 0 Å². The lowest BCUT2D eigenvalue weighted by molar-refractivity contribution is -0.117. The van der Waals surface area contributed by atoms with Crippen LogP contribution in [0.1, 0.15) is 16.0 Å². The van der Waals surface area contributed by atoms with Crippen molar-refractivity contribution in [3.05, 3.63) is 82.0 Å². The zero-order valence-electron chi connectivity index (χ0n) is 15.6. The van der Waals surface area contributed by atoms with Gasteiger partial charge in [0.15, 0.2) is 0 Å². The molecular weight excluding hydrogens is 370 g/mol. The molecule has 1 N–H and O–H groups in total. The molecule has 0 saturated heterocycles. The number of hydrogen-bond acceptors (Lipinski definition) is 5. The van der Waals surface area contributed by atoms with Crippen molar-refractivity contribution in [2.24, 2.45) is 0 Å². The molecule has 0 aliphatic carbocycles. The van der Waals surface area contributed by atoms with Gasteiger partial charge in [-0.25, -0.2) is 0 Å². The Morgan fingerprint density at radius 3 is 2.75 bits per heavy atom. The van der Waals surface area contributed by atoms with E-state index in [2.05, 4.69) is 22.4 Å². The van der Waals surface area contributed by atoms with Gasteiger partial charge in [-0.1, -0.05) is 30.3 Å². The first-order valence-electron chi connectivity index (χ1n) is 8.84. The van der Waals surface area contributed by atoms with Gasteiger partial charge < -0.3 is 10.1 Å². The molecule has 2 aromatic carbocycles. The van der Waals surface area contributed by atoms with Crippen molar-refractivity contribution in [3.8, 4) is 11.8 Å². The number of rotatable bonds is 8. The van der Waals surface area contributed by atoms with Gasteiger partial charge >= 0.3 is 0 Å². The Kier molecular flexibility index (Phi) is 6.79. The maximum Gasteiger partial charge on any atom is 0.238 e. The predicted octanol–water partition coefficient (Wildman–Crippen LogP) is 4.27. The topological polar surface area (TPSA) is 65.4 Å². The van der Waals surface area contributed by atoms with Gasteiger partial charge in [0.05, 0.1) is 25.3 Å². The fourth-order valence-electron chi connectivity index (χ4n) is 2.94. The molecule has 0 aliphatic heterocycles. The van der Waals surface area contributed by atoms with Crippen molar-refractivity contribution in [3.63, 3.8) is 0 Å². The van der Waals surface area contributed by atoms with Gasteiger partial charge in [0.25, 0.3) is 0 Å². The highest BCUT2D eigenvalue weighted by atomic mass is 32.1. The van der Waals surface area contributed by atoms with E-state index in [0.717, 1.165) is 11.3 Å². The molecule has 0 aliphatic rings. The van der Waals surface area contributed by atoms with Crippen molar-refractivity contribution >= 4 is 22.9 Å². The first kappa shape index (κ1) is 19.6. The second kappa shape index (κ2) is 9.70. The molecule has 0 radical (unpaired) electrons. The molecule has 6 heteroatoms. The van der Waals surface area contributed by atoms with Gasteiger partial charge in [0.1, 0.15) is 5.75 Å². The molecule has 0 saturated carbocycles. The summed E-state index contributed by atoms with van der Waals surface area (Å²) in [6, 6.07) is 20.9. The molecule has 3 aromatic rings. The lowest BCUT2D eigenvalue weighted by Crippen LogP contribution is -2.32. The van der Waals surface area contributed by atoms with E-state index in [-0.39, 0.29) is 12.5 Å². The summed E-state index contributed by atoms with van der Waals surface area (Å²) in [7, 11) is 1.65. The number of benzene rings is 2. The van der Waals surface area contributed by atoms with Gasteiger partial charge in [-0.15, -0.1) is 11.3 Å². The predicted molar refractivity (Wildman–Crippen MR) is 111 cm³/mol. The molecule has 1 heterocycles. The molecule has 5 nitrogen and oxygen atoms in total. The van der Waals surface area contributed by atoms with Crippen LogP contribution in [0.2, 0.25) is 0 Å². The van der Waals surface area contributed by atoms with Gasteiger partial charge in [-0.2, -0.15) is 5.26 Å². The number of methoxy groups -OCH3 is 1. The number of ether oxygens (including phenoxy) is 1. The van der Waals surface area contributed by atoms with Crippen LogP contribution in [0.3, 0.4) is 0 Å². The van der Waals surface area contributed by atoms with E-state index in [1.165, 1.54) is 4.88 Å². The average molecular weight is 391 g/mol. The van der Waals surface area contributed by atoms with Gasteiger partial charge in [-0.05, 0) is 35.7 Å². The Bertz CT molecular complexity index is 964. The molecule has 28 heavy (non-hydrogen) atoms. The molecule has 3 rings (SSSR count). The first-order valence-corrected chi connectivity index (χ1v) is 9.72. The van der Waals surface area contributed by atoms with Crippen molar-refractivity contribution in [1.82, 2.24) is 4.90 Å². The summed E-state index contributed by atoms with van der Waals surface area (Å²) in [6.45, 7) is 1.49. The summed E-state index contributed by atoms with van der Waals surface area (Å²) < 4.78 is 5.45. The Morgan fingerprint density at radius 1 is 1.14 bits per heavy atom. The molecule has 0 spiro atoms. The molecule has 0 atom stereocenters. The third-order valence-corrected chi connectivity index (χ3v) is 5.05. The highest BCUT2D eigenvalue weighted by molar-refractivity contribution is 7.09. The Balaban J connectivity index is 1.72. The van der Waals surface area contributed by atoms with Gasteiger partial charge in [0.2, 0.25) is 5.91 Å². The minimum Gasteiger partial charge on any atom is -0.496 e. The molecule has 142 valence electrons. The van der Waals surface area contributed by atoms with E-state index in [1.54, 1.807) is 42.7 Å². The van der Waals surface area contributed by atoms with Crippen molar-refractivity contribution in [2.75, 3.05) is 19.0 Å². The van der Waals surface area contributed by atoms with Gasteiger partial charge in [-0.3, -0.25) is 9.69 Å². The summed E-state index contributed by atoms with van der Waals surface area (Å²) in [4.78, 5) is 15.9. The lowest BCUT2D eigenvalue weighted by Gasteiger charge is -2.22. The second-order valence-corrected chi connectivity index (χ2v) is 7.31. The summed E-state index contributed by atoms with van der Waals surface area (Å²) in [5, 5.41) is 13.9. The third kappa shape index (κ3) is 5.43. The lowest BCUT2D eigenvalue weighted by atomic mass is 10.2. The molecule has 0 bridgehead atoms. The molecule has 1 aromatic heterocycles.